The normalized spacial score (nSPS) is 14.6. The average Bonchev–Trinajstić information content (AvgIpc) is 2.36. The molecule has 1 aromatic carbocycles. The molecule has 0 amide bonds. The van der Waals surface area contributed by atoms with E-state index in [0.717, 1.165) is 6.07 Å². The van der Waals surface area contributed by atoms with Crippen LogP contribution in [0.1, 0.15) is 25.0 Å². The molecule has 0 spiro atoms. The van der Waals surface area contributed by atoms with Crippen molar-refractivity contribution in [1.82, 2.24) is 0 Å². The number of methoxy groups -OCH3 is 1. The van der Waals surface area contributed by atoms with Crippen LogP contribution in [0.25, 0.3) is 0 Å². The van der Waals surface area contributed by atoms with Crippen molar-refractivity contribution in [2.75, 3.05) is 12.4 Å². The summed E-state index contributed by atoms with van der Waals surface area (Å²) in [6.07, 6.45) is -4.75. The molecule has 19 heavy (non-hydrogen) atoms. The fourth-order valence-electron chi connectivity index (χ4n) is 1.54. The Morgan fingerprint density at radius 3 is 2.42 bits per heavy atom. The first-order valence-electron chi connectivity index (χ1n) is 5.70. The van der Waals surface area contributed by atoms with Crippen molar-refractivity contribution < 1.29 is 17.9 Å². The third kappa shape index (κ3) is 3.86. The van der Waals surface area contributed by atoms with Crippen molar-refractivity contribution in [2.24, 2.45) is 0 Å². The van der Waals surface area contributed by atoms with Gasteiger partial charge in [-0.05, 0) is 32.0 Å². The topological polar surface area (TPSA) is 45.0 Å². The Bertz CT molecular complexity index is 480. The van der Waals surface area contributed by atoms with E-state index in [-0.39, 0.29) is 23.4 Å². The van der Waals surface area contributed by atoms with Crippen LogP contribution in [0.15, 0.2) is 18.2 Å². The summed E-state index contributed by atoms with van der Waals surface area (Å²) >= 11 is 0. The van der Waals surface area contributed by atoms with Crippen LogP contribution in [0.5, 0.6) is 0 Å². The Labute approximate surface area is 110 Å². The third-order valence-electron chi connectivity index (χ3n) is 2.91. The predicted octanol–water partition coefficient (Wildman–Crippen LogP) is 3.41. The Kier molecular flexibility index (Phi) is 4.78. The molecule has 0 aliphatic heterocycles. The molecular formula is C13H15F3N2O. The lowest BCUT2D eigenvalue weighted by atomic mass is 10.1. The minimum absolute atomic E-state index is 0.0229. The molecule has 1 N–H and O–H groups in total. The Morgan fingerprint density at radius 2 is 1.95 bits per heavy atom. The molecule has 0 fully saturated rings. The van der Waals surface area contributed by atoms with Gasteiger partial charge in [0.2, 0.25) is 0 Å². The highest BCUT2D eigenvalue weighted by molar-refractivity contribution is 5.56. The SMILES string of the molecule is COC(C)C(C)Nc1ccc(C#N)cc1C(F)(F)F. The summed E-state index contributed by atoms with van der Waals surface area (Å²) in [5.74, 6) is 0. The number of anilines is 1. The number of nitriles is 1. The van der Waals surface area contributed by atoms with E-state index < -0.39 is 11.7 Å². The van der Waals surface area contributed by atoms with E-state index >= 15 is 0 Å². The summed E-state index contributed by atoms with van der Waals surface area (Å²) in [4.78, 5) is 0. The van der Waals surface area contributed by atoms with Gasteiger partial charge >= 0.3 is 6.18 Å². The van der Waals surface area contributed by atoms with Gasteiger partial charge in [-0.3, -0.25) is 0 Å². The van der Waals surface area contributed by atoms with Crippen molar-refractivity contribution in [3.8, 4) is 6.07 Å². The number of halogens is 3. The van der Waals surface area contributed by atoms with Crippen molar-refractivity contribution in [2.45, 2.75) is 32.2 Å². The van der Waals surface area contributed by atoms with Gasteiger partial charge in [-0.25, -0.2) is 0 Å². The summed E-state index contributed by atoms with van der Waals surface area (Å²) in [5, 5.41) is 11.4. The van der Waals surface area contributed by atoms with Gasteiger partial charge in [0.05, 0.1) is 23.3 Å². The molecule has 0 aromatic heterocycles. The van der Waals surface area contributed by atoms with Crippen LogP contribution in [0.2, 0.25) is 0 Å². The van der Waals surface area contributed by atoms with Crippen LogP contribution >= 0.6 is 0 Å². The Hall–Kier alpha value is -1.74. The zero-order valence-electron chi connectivity index (χ0n) is 10.9. The second-order valence-electron chi connectivity index (χ2n) is 4.24. The molecule has 0 saturated heterocycles. The van der Waals surface area contributed by atoms with Crippen LogP contribution in [0.3, 0.4) is 0 Å². The van der Waals surface area contributed by atoms with E-state index in [1.807, 2.05) is 0 Å². The molecule has 0 bridgehead atoms. The zero-order chi connectivity index (χ0) is 14.6. The van der Waals surface area contributed by atoms with Gasteiger partial charge in [0, 0.05) is 18.8 Å². The number of hydrogen-bond acceptors (Lipinski definition) is 3. The second-order valence-corrected chi connectivity index (χ2v) is 4.24. The molecule has 2 unspecified atom stereocenters. The van der Waals surface area contributed by atoms with E-state index in [2.05, 4.69) is 5.32 Å². The van der Waals surface area contributed by atoms with Crippen molar-refractivity contribution in [1.29, 1.82) is 5.26 Å². The van der Waals surface area contributed by atoms with Crippen LogP contribution in [0, 0.1) is 11.3 Å². The molecule has 104 valence electrons. The summed E-state index contributed by atoms with van der Waals surface area (Å²) in [6, 6.07) is 4.86. The minimum atomic E-state index is -4.51. The first kappa shape index (κ1) is 15.3. The van der Waals surface area contributed by atoms with E-state index in [4.69, 9.17) is 10.00 Å². The van der Waals surface area contributed by atoms with E-state index in [1.165, 1.54) is 19.2 Å². The van der Waals surface area contributed by atoms with Gasteiger partial charge in [-0.1, -0.05) is 0 Å². The molecule has 2 atom stereocenters. The molecule has 0 heterocycles. The lowest BCUT2D eigenvalue weighted by molar-refractivity contribution is -0.137. The molecular weight excluding hydrogens is 257 g/mol. The van der Waals surface area contributed by atoms with Crippen molar-refractivity contribution in [3.63, 3.8) is 0 Å². The summed E-state index contributed by atoms with van der Waals surface area (Å²) < 4.78 is 43.8. The monoisotopic (exact) mass is 272 g/mol. The molecule has 6 heteroatoms. The highest BCUT2D eigenvalue weighted by Crippen LogP contribution is 2.35. The van der Waals surface area contributed by atoms with Gasteiger partial charge in [0.15, 0.2) is 0 Å². The quantitative estimate of drug-likeness (QED) is 0.913. The summed E-state index contributed by atoms with van der Waals surface area (Å²) in [5.41, 5.74) is -0.921. The molecule has 0 aliphatic rings. The number of hydrogen-bond donors (Lipinski definition) is 1. The fraction of sp³-hybridized carbons (Fsp3) is 0.462. The van der Waals surface area contributed by atoms with E-state index in [0.29, 0.717) is 0 Å². The lowest BCUT2D eigenvalue weighted by Crippen LogP contribution is -2.30. The molecule has 0 radical (unpaired) electrons. The first-order chi connectivity index (χ1) is 8.79. The van der Waals surface area contributed by atoms with Crippen LogP contribution in [0.4, 0.5) is 18.9 Å². The molecule has 0 aliphatic carbocycles. The molecule has 1 rings (SSSR count). The van der Waals surface area contributed by atoms with Gasteiger partial charge in [0.1, 0.15) is 0 Å². The third-order valence-corrected chi connectivity index (χ3v) is 2.91. The summed E-state index contributed by atoms with van der Waals surface area (Å²) in [6.45, 7) is 3.49. The largest absolute Gasteiger partial charge is 0.418 e. The fourth-order valence-corrected chi connectivity index (χ4v) is 1.54. The predicted molar refractivity (Wildman–Crippen MR) is 65.7 cm³/mol. The molecule has 0 saturated carbocycles. The molecule has 1 aromatic rings. The number of benzene rings is 1. The number of rotatable bonds is 4. The van der Waals surface area contributed by atoms with Gasteiger partial charge in [-0.15, -0.1) is 0 Å². The van der Waals surface area contributed by atoms with E-state index in [1.54, 1.807) is 19.9 Å². The maximum absolute atomic E-state index is 12.9. The number of alkyl halides is 3. The summed E-state index contributed by atoms with van der Waals surface area (Å²) in [7, 11) is 1.49. The van der Waals surface area contributed by atoms with Gasteiger partial charge in [0.25, 0.3) is 0 Å². The highest BCUT2D eigenvalue weighted by atomic mass is 19.4. The zero-order valence-corrected chi connectivity index (χ0v) is 10.9. The van der Waals surface area contributed by atoms with Crippen LogP contribution < -0.4 is 5.32 Å². The highest BCUT2D eigenvalue weighted by Gasteiger charge is 2.34. The lowest BCUT2D eigenvalue weighted by Gasteiger charge is -2.23. The number of nitrogens with one attached hydrogen (secondary N) is 1. The molecule has 3 nitrogen and oxygen atoms in total. The minimum Gasteiger partial charge on any atom is -0.380 e. The van der Waals surface area contributed by atoms with Gasteiger partial charge in [-0.2, -0.15) is 18.4 Å². The first-order valence-corrected chi connectivity index (χ1v) is 5.70. The van der Waals surface area contributed by atoms with Crippen molar-refractivity contribution >= 4 is 5.69 Å². The van der Waals surface area contributed by atoms with Crippen LogP contribution in [-0.2, 0) is 10.9 Å². The Morgan fingerprint density at radius 1 is 1.32 bits per heavy atom. The maximum atomic E-state index is 12.9. The van der Waals surface area contributed by atoms with Gasteiger partial charge < -0.3 is 10.1 Å². The number of nitrogens with zero attached hydrogens (tertiary/aromatic N) is 1. The number of ether oxygens (including phenoxy) is 1. The smallest absolute Gasteiger partial charge is 0.380 e. The van der Waals surface area contributed by atoms with Crippen LogP contribution in [-0.4, -0.2) is 19.3 Å². The average molecular weight is 272 g/mol. The Balaban J connectivity index is 3.11. The second kappa shape index (κ2) is 5.93. The standard InChI is InChI=1S/C13H15F3N2O/c1-8(9(2)19-3)18-12-5-4-10(7-17)6-11(12)13(14,15)16/h4-6,8-9,18H,1-3H3. The maximum Gasteiger partial charge on any atom is 0.418 e. The van der Waals surface area contributed by atoms with Crippen molar-refractivity contribution in [3.05, 3.63) is 29.3 Å². The van der Waals surface area contributed by atoms with E-state index in [9.17, 15) is 13.2 Å².